The Bertz CT molecular complexity index is 511. The molecule has 3 N–H and O–H groups in total. The van der Waals surface area contributed by atoms with Crippen LogP contribution in [-0.2, 0) is 0 Å². The Morgan fingerprint density at radius 1 is 1.06 bits per heavy atom. The van der Waals surface area contributed by atoms with Crippen molar-refractivity contribution in [3.63, 3.8) is 0 Å². The van der Waals surface area contributed by atoms with Crippen LogP contribution in [0.4, 0.5) is 0 Å². The van der Waals surface area contributed by atoms with Gasteiger partial charge in [0.25, 0.3) is 0 Å². The molecule has 0 aliphatic rings. The minimum Gasteiger partial charge on any atom is -0.496 e. The summed E-state index contributed by atoms with van der Waals surface area (Å²) >= 11 is 0. The first kappa shape index (κ1) is 12.6. The second kappa shape index (κ2) is 5.67. The smallest absolute Gasteiger partial charge is 0.121 e. The summed E-state index contributed by atoms with van der Waals surface area (Å²) in [4.78, 5) is 0. The summed E-state index contributed by atoms with van der Waals surface area (Å²) in [5.74, 6) is 6.57. The first-order chi connectivity index (χ1) is 8.76. The van der Waals surface area contributed by atoms with E-state index in [1.165, 1.54) is 0 Å². The largest absolute Gasteiger partial charge is 0.496 e. The third-order valence-corrected chi connectivity index (χ3v) is 3.05. The Hall–Kier alpha value is -1.84. The van der Waals surface area contributed by atoms with Crippen molar-refractivity contribution in [2.24, 2.45) is 5.84 Å². The van der Waals surface area contributed by atoms with Gasteiger partial charge in [0.2, 0.25) is 0 Å². The molecule has 3 heteroatoms. The van der Waals surface area contributed by atoms with Gasteiger partial charge >= 0.3 is 0 Å². The van der Waals surface area contributed by atoms with E-state index in [0.717, 1.165) is 22.4 Å². The van der Waals surface area contributed by atoms with E-state index in [1.807, 2.05) is 37.3 Å². The fourth-order valence-electron chi connectivity index (χ4n) is 2.11. The second-order valence-corrected chi connectivity index (χ2v) is 4.24. The van der Waals surface area contributed by atoms with Crippen LogP contribution in [0.5, 0.6) is 5.75 Å². The van der Waals surface area contributed by atoms with Crippen molar-refractivity contribution in [2.45, 2.75) is 13.0 Å². The Kier molecular flexibility index (Phi) is 3.97. The van der Waals surface area contributed by atoms with Crippen LogP contribution in [0.3, 0.4) is 0 Å². The number of ether oxygens (including phenoxy) is 1. The minimum absolute atomic E-state index is 0.00388. The lowest BCUT2D eigenvalue weighted by atomic mass is 9.97. The van der Waals surface area contributed by atoms with Crippen molar-refractivity contribution in [3.05, 3.63) is 65.2 Å². The Morgan fingerprint density at radius 2 is 1.78 bits per heavy atom. The van der Waals surface area contributed by atoms with E-state index in [4.69, 9.17) is 10.6 Å². The standard InChI is InChI=1S/C15H18N2O/c1-11-10-13(8-9-14(11)18-2)15(17-16)12-6-4-3-5-7-12/h3-10,15,17H,16H2,1-2H3. The average molecular weight is 242 g/mol. The van der Waals surface area contributed by atoms with Crippen LogP contribution in [0, 0.1) is 6.92 Å². The van der Waals surface area contributed by atoms with Gasteiger partial charge in [-0.1, -0.05) is 42.5 Å². The zero-order valence-corrected chi connectivity index (χ0v) is 10.7. The molecule has 1 atom stereocenters. The van der Waals surface area contributed by atoms with Crippen LogP contribution in [0.25, 0.3) is 0 Å². The molecule has 0 spiro atoms. The molecular formula is C15H18N2O. The molecule has 0 aliphatic carbocycles. The molecule has 0 saturated heterocycles. The predicted octanol–water partition coefficient (Wildman–Crippen LogP) is 2.56. The second-order valence-electron chi connectivity index (χ2n) is 4.24. The van der Waals surface area contributed by atoms with Crippen LogP contribution < -0.4 is 16.0 Å². The maximum absolute atomic E-state index is 5.68. The summed E-state index contributed by atoms with van der Waals surface area (Å²) in [6.07, 6.45) is 0. The molecule has 0 aliphatic heterocycles. The number of hydrazine groups is 1. The third kappa shape index (κ3) is 2.53. The lowest BCUT2D eigenvalue weighted by Gasteiger charge is -2.18. The van der Waals surface area contributed by atoms with Gasteiger partial charge in [0.05, 0.1) is 13.2 Å². The molecule has 0 saturated carbocycles. The maximum Gasteiger partial charge on any atom is 0.121 e. The van der Waals surface area contributed by atoms with Crippen LogP contribution in [0.2, 0.25) is 0 Å². The Morgan fingerprint density at radius 3 is 2.33 bits per heavy atom. The fraction of sp³-hybridized carbons (Fsp3) is 0.200. The van der Waals surface area contributed by atoms with Crippen molar-refractivity contribution in [1.29, 1.82) is 0 Å². The van der Waals surface area contributed by atoms with Crippen LogP contribution in [0.15, 0.2) is 48.5 Å². The van der Waals surface area contributed by atoms with Crippen molar-refractivity contribution in [1.82, 2.24) is 5.43 Å². The summed E-state index contributed by atoms with van der Waals surface area (Å²) in [5, 5.41) is 0. The summed E-state index contributed by atoms with van der Waals surface area (Å²) in [6, 6.07) is 16.2. The predicted molar refractivity (Wildman–Crippen MR) is 73.3 cm³/mol. The zero-order chi connectivity index (χ0) is 13.0. The summed E-state index contributed by atoms with van der Waals surface area (Å²) < 4.78 is 5.27. The van der Waals surface area contributed by atoms with Gasteiger partial charge in [-0.25, -0.2) is 5.43 Å². The van der Waals surface area contributed by atoms with E-state index < -0.39 is 0 Å². The molecule has 2 rings (SSSR count). The molecule has 18 heavy (non-hydrogen) atoms. The first-order valence-corrected chi connectivity index (χ1v) is 5.92. The molecule has 2 aromatic rings. The first-order valence-electron chi connectivity index (χ1n) is 5.92. The number of methoxy groups -OCH3 is 1. The molecule has 2 aromatic carbocycles. The molecule has 1 unspecified atom stereocenters. The molecule has 0 heterocycles. The van der Waals surface area contributed by atoms with Crippen LogP contribution >= 0.6 is 0 Å². The summed E-state index contributed by atoms with van der Waals surface area (Å²) in [6.45, 7) is 2.03. The van der Waals surface area contributed by atoms with Gasteiger partial charge in [0, 0.05) is 0 Å². The number of hydrogen-bond acceptors (Lipinski definition) is 3. The van der Waals surface area contributed by atoms with E-state index >= 15 is 0 Å². The van der Waals surface area contributed by atoms with E-state index in [0.29, 0.717) is 0 Å². The zero-order valence-electron chi connectivity index (χ0n) is 10.7. The van der Waals surface area contributed by atoms with Crippen LogP contribution in [-0.4, -0.2) is 7.11 Å². The number of nitrogens with two attached hydrogens (primary N) is 1. The van der Waals surface area contributed by atoms with E-state index in [9.17, 15) is 0 Å². The topological polar surface area (TPSA) is 47.3 Å². The van der Waals surface area contributed by atoms with Gasteiger partial charge in [-0.15, -0.1) is 0 Å². The van der Waals surface area contributed by atoms with Gasteiger partial charge in [-0.3, -0.25) is 5.84 Å². The van der Waals surface area contributed by atoms with Crippen molar-refractivity contribution in [3.8, 4) is 5.75 Å². The molecule has 0 aromatic heterocycles. The van der Waals surface area contributed by atoms with Gasteiger partial charge < -0.3 is 4.74 Å². The number of nitrogens with one attached hydrogen (secondary N) is 1. The molecule has 3 nitrogen and oxygen atoms in total. The number of aryl methyl sites for hydroxylation is 1. The highest BCUT2D eigenvalue weighted by molar-refractivity contribution is 5.40. The molecule has 0 radical (unpaired) electrons. The molecule has 94 valence electrons. The molecule has 0 fully saturated rings. The third-order valence-electron chi connectivity index (χ3n) is 3.05. The van der Waals surface area contributed by atoms with Gasteiger partial charge in [-0.05, 0) is 29.7 Å². The fourth-order valence-corrected chi connectivity index (χ4v) is 2.11. The lowest BCUT2D eigenvalue weighted by Crippen LogP contribution is -2.28. The van der Waals surface area contributed by atoms with Crippen molar-refractivity contribution >= 4 is 0 Å². The van der Waals surface area contributed by atoms with E-state index in [-0.39, 0.29) is 6.04 Å². The number of rotatable bonds is 4. The van der Waals surface area contributed by atoms with Crippen molar-refractivity contribution < 1.29 is 4.74 Å². The number of hydrogen-bond donors (Lipinski definition) is 2. The van der Waals surface area contributed by atoms with Crippen molar-refractivity contribution in [2.75, 3.05) is 7.11 Å². The van der Waals surface area contributed by atoms with Gasteiger partial charge in [0.15, 0.2) is 0 Å². The van der Waals surface area contributed by atoms with Gasteiger partial charge in [0.1, 0.15) is 5.75 Å². The van der Waals surface area contributed by atoms with E-state index in [2.05, 4.69) is 23.6 Å². The highest BCUT2D eigenvalue weighted by Crippen LogP contribution is 2.26. The maximum atomic E-state index is 5.68. The van der Waals surface area contributed by atoms with Crippen LogP contribution in [0.1, 0.15) is 22.7 Å². The monoisotopic (exact) mass is 242 g/mol. The lowest BCUT2D eigenvalue weighted by molar-refractivity contribution is 0.411. The summed E-state index contributed by atoms with van der Waals surface area (Å²) in [5.41, 5.74) is 6.23. The number of benzene rings is 2. The quantitative estimate of drug-likeness (QED) is 0.640. The highest BCUT2D eigenvalue weighted by atomic mass is 16.5. The summed E-state index contributed by atoms with van der Waals surface area (Å²) in [7, 11) is 1.68. The van der Waals surface area contributed by atoms with E-state index in [1.54, 1.807) is 7.11 Å². The minimum atomic E-state index is -0.00388. The Labute approximate surface area is 108 Å². The molecular weight excluding hydrogens is 224 g/mol. The SMILES string of the molecule is COc1ccc(C(NN)c2ccccc2)cc1C. The normalized spacial score (nSPS) is 12.2. The molecule has 0 amide bonds. The van der Waals surface area contributed by atoms with Gasteiger partial charge in [-0.2, -0.15) is 0 Å². The highest BCUT2D eigenvalue weighted by Gasteiger charge is 2.12. The Balaban J connectivity index is 2.37. The molecule has 0 bridgehead atoms. The average Bonchev–Trinajstić information content (AvgIpc) is 2.41.